The van der Waals surface area contributed by atoms with Crippen molar-refractivity contribution in [3.8, 4) is 5.75 Å². The number of fused-ring (bicyclic) bond motifs is 3. The van der Waals surface area contributed by atoms with E-state index in [0.29, 0.717) is 31.9 Å². The molecule has 5 rings (SSSR count). The molecule has 2 aromatic carbocycles. The van der Waals surface area contributed by atoms with Crippen LogP contribution in [-0.2, 0) is 32.0 Å². The molecule has 0 saturated carbocycles. The normalized spacial score (nSPS) is 17.7. The van der Waals surface area contributed by atoms with Crippen molar-refractivity contribution in [2.75, 3.05) is 52.6 Å². The zero-order valence-corrected chi connectivity index (χ0v) is 24.5. The minimum Gasteiger partial charge on any atom is -0.492 e. The van der Waals surface area contributed by atoms with E-state index >= 15 is 0 Å². The molecule has 0 radical (unpaired) electrons. The highest BCUT2D eigenvalue weighted by Crippen LogP contribution is 2.36. The molecule has 1 atom stereocenters. The number of carbonyl (C=O) groups excluding carboxylic acids is 2. The Labute approximate surface area is 241 Å². The Morgan fingerprint density at radius 1 is 1.07 bits per heavy atom. The van der Waals surface area contributed by atoms with Crippen LogP contribution in [0.15, 0.2) is 42.5 Å². The van der Waals surface area contributed by atoms with Crippen molar-refractivity contribution >= 4 is 22.8 Å². The van der Waals surface area contributed by atoms with Gasteiger partial charge in [-0.25, -0.2) is 9.59 Å². The second-order valence-corrected chi connectivity index (χ2v) is 11.5. The summed E-state index contributed by atoms with van der Waals surface area (Å²) in [4.78, 5) is 27.9. The molecule has 1 saturated heterocycles. The van der Waals surface area contributed by atoms with Gasteiger partial charge in [-0.3, -0.25) is 10.2 Å². The number of benzene rings is 2. The fraction of sp³-hybridized carbons (Fsp3) is 0.500. The first-order chi connectivity index (χ1) is 19.7. The molecule has 0 spiro atoms. The maximum atomic E-state index is 13.0. The van der Waals surface area contributed by atoms with E-state index in [2.05, 4.69) is 26.9 Å². The molecule has 2 aliphatic rings. The van der Waals surface area contributed by atoms with Crippen LogP contribution in [0, 0.1) is 0 Å². The van der Waals surface area contributed by atoms with Gasteiger partial charge >= 0.3 is 11.9 Å². The SMILES string of the molecule is CCOC(=O)C1NCCc2c1n(Cc1ccc(C(=O)OC(C)(C)C)cc1)c1ccc(OCCN3CCOCC3)cc21. The molecule has 1 unspecified atom stereocenters. The summed E-state index contributed by atoms with van der Waals surface area (Å²) in [6, 6.07) is 13.1. The van der Waals surface area contributed by atoms with Gasteiger partial charge < -0.3 is 23.5 Å². The lowest BCUT2D eigenvalue weighted by Gasteiger charge is -2.26. The second-order valence-electron chi connectivity index (χ2n) is 11.5. The second kappa shape index (κ2) is 12.6. The molecule has 1 fully saturated rings. The number of hydrogen-bond donors (Lipinski definition) is 1. The molecular formula is C32H41N3O6. The third kappa shape index (κ3) is 6.92. The van der Waals surface area contributed by atoms with E-state index < -0.39 is 11.6 Å². The smallest absolute Gasteiger partial charge is 0.338 e. The van der Waals surface area contributed by atoms with Crippen molar-refractivity contribution in [2.45, 2.75) is 52.3 Å². The lowest BCUT2D eigenvalue weighted by Crippen LogP contribution is -2.38. The maximum Gasteiger partial charge on any atom is 0.338 e. The van der Waals surface area contributed by atoms with Crippen molar-refractivity contribution in [1.82, 2.24) is 14.8 Å². The topological polar surface area (TPSA) is 91.3 Å². The Balaban J connectivity index is 1.43. The van der Waals surface area contributed by atoms with Gasteiger partial charge in [0, 0.05) is 43.6 Å². The highest BCUT2D eigenvalue weighted by molar-refractivity contribution is 5.91. The van der Waals surface area contributed by atoms with E-state index in [-0.39, 0.29) is 11.9 Å². The fourth-order valence-corrected chi connectivity index (χ4v) is 5.52. The molecular weight excluding hydrogens is 522 g/mol. The molecule has 41 heavy (non-hydrogen) atoms. The van der Waals surface area contributed by atoms with Crippen LogP contribution in [0.4, 0.5) is 0 Å². The lowest BCUT2D eigenvalue weighted by molar-refractivity contribution is -0.146. The zero-order chi connectivity index (χ0) is 29.0. The van der Waals surface area contributed by atoms with E-state index in [1.165, 1.54) is 0 Å². The van der Waals surface area contributed by atoms with Gasteiger partial charge in [-0.15, -0.1) is 0 Å². The Hall–Kier alpha value is -3.40. The Morgan fingerprint density at radius 2 is 1.83 bits per heavy atom. The molecule has 9 nitrogen and oxygen atoms in total. The summed E-state index contributed by atoms with van der Waals surface area (Å²) < 4.78 is 24.8. The van der Waals surface area contributed by atoms with Crippen LogP contribution >= 0.6 is 0 Å². The van der Waals surface area contributed by atoms with Gasteiger partial charge in [-0.05, 0) is 75.6 Å². The maximum absolute atomic E-state index is 13.0. The van der Waals surface area contributed by atoms with E-state index in [0.717, 1.165) is 72.7 Å². The van der Waals surface area contributed by atoms with E-state index in [1.54, 1.807) is 12.1 Å². The Bertz CT molecular complexity index is 1370. The number of morpholine rings is 1. The third-order valence-corrected chi connectivity index (χ3v) is 7.41. The number of esters is 2. The van der Waals surface area contributed by atoms with Crippen LogP contribution in [-0.4, -0.2) is 79.6 Å². The van der Waals surface area contributed by atoms with Crippen molar-refractivity contribution in [3.63, 3.8) is 0 Å². The van der Waals surface area contributed by atoms with Crippen LogP contribution in [0.5, 0.6) is 5.75 Å². The molecule has 9 heteroatoms. The van der Waals surface area contributed by atoms with Gasteiger partial charge in [0.15, 0.2) is 0 Å². The summed E-state index contributed by atoms with van der Waals surface area (Å²) in [5.74, 6) is 0.193. The van der Waals surface area contributed by atoms with E-state index in [1.807, 2.05) is 45.9 Å². The number of rotatable bonds is 9. The van der Waals surface area contributed by atoms with Crippen LogP contribution < -0.4 is 10.1 Å². The van der Waals surface area contributed by atoms with Gasteiger partial charge in [-0.2, -0.15) is 0 Å². The van der Waals surface area contributed by atoms with Crippen LogP contribution in [0.1, 0.15) is 60.9 Å². The summed E-state index contributed by atoms with van der Waals surface area (Å²) in [7, 11) is 0. The van der Waals surface area contributed by atoms with Crippen molar-refractivity contribution in [1.29, 1.82) is 0 Å². The molecule has 3 heterocycles. The lowest BCUT2D eigenvalue weighted by atomic mass is 9.99. The molecule has 3 aromatic rings. The molecule has 1 N–H and O–H groups in total. The number of carbonyl (C=O) groups is 2. The molecule has 2 aliphatic heterocycles. The number of ether oxygens (including phenoxy) is 4. The number of aromatic nitrogens is 1. The summed E-state index contributed by atoms with van der Waals surface area (Å²) in [5.41, 5.74) is 4.06. The Morgan fingerprint density at radius 3 is 2.54 bits per heavy atom. The van der Waals surface area contributed by atoms with Crippen molar-refractivity contribution in [2.24, 2.45) is 0 Å². The summed E-state index contributed by atoms with van der Waals surface area (Å²) >= 11 is 0. The van der Waals surface area contributed by atoms with Gasteiger partial charge in [0.05, 0.1) is 31.1 Å². The van der Waals surface area contributed by atoms with Crippen molar-refractivity contribution < 1.29 is 28.5 Å². The highest BCUT2D eigenvalue weighted by atomic mass is 16.6. The van der Waals surface area contributed by atoms with Gasteiger partial charge in [0.25, 0.3) is 0 Å². The van der Waals surface area contributed by atoms with Crippen LogP contribution in [0.25, 0.3) is 10.9 Å². The van der Waals surface area contributed by atoms with Gasteiger partial charge in [0.1, 0.15) is 24.0 Å². The minimum absolute atomic E-state index is 0.278. The molecule has 1 aromatic heterocycles. The van der Waals surface area contributed by atoms with Gasteiger partial charge in [-0.1, -0.05) is 12.1 Å². The van der Waals surface area contributed by atoms with Gasteiger partial charge in [0.2, 0.25) is 0 Å². The monoisotopic (exact) mass is 563 g/mol. The summed E-state index contributed by atoms with van der Waals surface area (Å²) in [6.45, 7) is 13.8. The first kappa shape index (κ1) is 29.1. The largest absolute Gasteiger partial charge is 0.492 e. The molecule has 220 valence electrons. The highest BCUT2D eigenvalue weighted by Gasteiger charge is 2.33. The average molecular weight is 564 g/mol. The third-order valence-electron chi connectivity index (χ3n) is 7.41. The summed E-state index contributed by atoms with van der Waals surface area (Å²) in [5, 5.41) is 4.46. The standard InChI is InChI=1S/C32H41N3O6/c1-5-39-31(37)28-29-25(12-13-33-28)26-20-24(40-19-16-34-14-17-38-18-15-34)10-11-27(26)35(29)21-22-6-8-23(9-7-22)30(36)41-32(2,3)4/h6-11,20,28,33H,5,12-19,21H2,1-4H3. The van der Waals surface area contributed by atoms with E-state index in [4.69, 9.17) is 18.9 Å². The quantitative estimate of drug-likeness (QED) is 0.389. The predicted molar refractivity (Wildman–Crippen MR) is 156 cm³/mol. The van der Waals surface area contributed by atoms with Crippen molar-refractivity contribution in [3.05, 3.63) is 64.8 Å². The molecule has 0 aliphatic carbocycles. The Kier molecular flexibility index (Phi) is 8.97. The minimum atomic E-state index is -0.558. The van der Waals surface area contributed by atoms with Crippen LogP contribution in [0.3, 0.4) is 0 Å². The first-order valence-electron chi connectivity index (χ1n) is 14.5. The zero-order valence-electron chi connectivity index (χ0n) is 24.5. The summed E-state index contributed by atoms with van der Waals surface area (Å²) in [6.07, 6.45) is 0.795. The number of hydrogen-bond acceptors (Lipinski definition) is 8. The number of nitrogens with zero attached hydrogens (tertiary/aromatic N) is 2. The molecule has 0 bridgehead atoms. The van der Waals surface area contributed by atoms with Crippen LogP contribution in [0.2, 0.25) is 0 Å². The number of nitrogens with one attached hydrogen (secondary N) is 1. The molecule has 0 amide bonds. The van der Waals surface area contributed by atoms with E-state index in [9.17, 15) is 9.59 Å². The average Bonchev–Trinajstić information content (AvgIpc) is 3.26. The fourth-order valence-electron chi connectivity index (χ4n) is 5.52. The first-order valence-corrected chi connectivity index (χ1v) is 14.5. The predicted octanol–water partition coefficient (Wildman–Crippen LogP) is 4.11.